The number of hydrogen-bond donors (Lipinski definition) is 5. The Balaban J connectivity index is 1.70. The van der Waals surface area contributed by atoms with E-state index in [0.717, 1.165) is 25.3 Å². The number of aliphatic hydroxyl groups is 3. The molecule has 0 unspecified atom stereocenters. The zero-order chi connectivity index (χ0) is 31.0. The van der Waals surface area contributed by atoms with Crippen molar-refractivity contribution >= 4 is 23.2 Å². The van der Waals surface area contributed by atoms with Crippen LogP contribution in [0.1, 0.15) is 54.9 Å². The van der Waals surface area contributed by atoms with Crippen LogP contribution in [0.15, 0.2) is 23.0 Å². The van der Waals surface area contributed by atoms with Crippen LogP contribution in [0.5, 0.6) is 5.75 Å². The highest BCUT2D eigenvalue weighted by molar-refractivity contribution is 6.24. The first-order chi connectivity index (χ1) is 19.5. The van der Waals surface area contributed by atoms with Crippen molar-refractivity contribution in [2.75, 3.05) is 20.6 Å². The summed E-state index contributed by atoms with van der Waals surface area (Å²) in [6, 6.07) is -0.250. The Morgan fingerprint density at radius 3 is 2.31 bits per heavy atom. The molecule has 0 spiro atoms. The molecule has 0 radical (unpaired) electrons. The number of aromatic hydroxyl groups is 1. The first kappa shape index (κ1) is 30.1. The van der Waals surface area contributed by atoms with Crippen LogP contribution >= 0.6 is 0 Å². The number of alkyl halides is 3. The van der Waals surface area contributed by atoms with Gasteiger partial charge in [0.15, 0.2) is 11.4 Å². The Kier molecular flexibility index (Phi) is 7.22. The Morgan fingerprint density at radius 2 is 1.81 bits per heavy atom. The molecule has 4 aliphatic rings. The van der Waals surface area contributed by atoms with Gasteiger partial charge in [0.05, 0.1) is 17.2 Å². The predicted octanol–water partition coefficient (Wildman–Crippen LogP) is 2.36. The summed E-state index contributed by atoms with van der Waals surface area (Å²) in [5, 5.41) is 44.8. The van der Waals surface area contributed by atoms with E-state index >= 15 is 0 Å². The van der Waals surface area contributed by atoms with Crippen LogP contribution in [0.2, 0.25) is 0 Å². The van der Waals surface area contributed by atoms with E-state index in [1.54, 1.807) is 0 Å². The quantitative estimate of drug-likeness (QED) is 0.312. The van der Waals surface area contributed by atoms with Crippen molar-refractivity contribution in [3.8, 4) is 5.75 Å². The van der Waals surface area contributed by atoms with Gasteiger partial charge in [-0.2, -0.15) is 13.2 Å². The number of hydrogen-bond acceptors (Lipinski definition) is 9. The summed E-state index contributed by atoms with van der Waals surface area (Å²) in [6.45, 7) is 2.27. The average molecular weight is 594 g/mol. The van der Waals surface area contributed by atoms with E-state index in [-0.39, 0.29) is 30.1 Å². The Labute approximate surface area is 239 Å². The number of halogens is 3. The molecule has 1 aromatic carbocycles. The number of carbonyl (C=O) groups excluding carboxylic acids is 3. The number of nitrogens with zero attached hydrogens (tertiary/aromatic N) is 2. The third-order valence-electron chi connectivity index (χ3n) is 9.46. The number of aliphatic hydroxyl groups excluding tert-OH is 2. The fourth-order valence-corrected chi connectivity index (χ4v) is 7.33. The molecule has 0 bridgehead atoms. The second-order valence-electron chi connectivity index (χ2n) is 11.9. The monoisotopic (exact) mass is 593 g/mol. The highest BCUT2D eigenvalue weighted by Gasteiger charge is 2.64. The van der Waals surface area contributed by atoms with Crippen molar-refractivity contribution in [3.05, 3.63) is 45.2 Å². The number of benzene rings is 1. The van der Waals surface area contributed by atoms with Gasteiger partial charge in [0.2, 0.25) is 5.78 Å². The van der Waals surface area contributed by atoms with Gasteiger partial charge in [0.25, 0.3) is 5.91 Å². The molecular formula is C29H34F3N3O7. The number of fused-ring (bicyclic) bond motifs is 3. The molecule has 13 heteroatoms. The molecule has 0 aliphatic heterocycles. The lowest BCUT2D eigenvalue weighted by atomic mass is 9.57. The van der Waals surface area contributed by atoms with Gasteiger partial charge in [-0.3, -0.25) is 24.2 Å². The maximum absolute atomic E-state index is 14.7. The number of likely N-dealkylation sites (N-methyl/N-ethyl adjacent to an activating group) is 1. The number of primary amides is 1. The Bertz CT molecular complexity index is 1450. The Hall–Kier alpha value is -3.42. The average Bonchev–Trinajstić information content (AvgIpc) is 2.83. The smallest absolute Gasteiger partial charge is 0.417 e. The van der Waals surface area contributed by atoms with Gasteiger partial charge in [-0.1, -0.05) is 13.3 Å². The summed E-state index contributed by atoms with van der Waals surface area (Å²) >= 11 is 0. The number of amides is 1. The molecule has 4 aliphatic carbocycles. The van der Waals surface area contributed by atoms with Crippen LogP contribution in [0, 0.1) is 11.8 Å². The van der Waals surface area contributed by atoms with Crippen LogP contribution in [0.4, 0.5) is 13.2 Å². The molecule has 0 heterocycles. The summed E-state index contributed by atoms with van der Waals surface area (Å²) in [6.07, 6.45) is -2.89. The molecule has 4 atom stereocenters. The standard InChI is InChI=1S/C29H34F3N3O7/c1-4-35(14-6-5-7-14)11-13-10-17(36)19-15(21(13)29(30,31)32)8-12-9-16-22(34(2)3)24(38)20(27(33)41)26(40)28(16,42)25(39)18(12)23(19)37/h10,12,14,16,22,36-37,40,42H,4-9,11H2,1-3H3,(H2,33,41)/t12-,16-,22-,28-/m0/s1. The van der Waals surface area contributed by atoms with Crippen LogP contribution in [-0.4, -0.2) is 86.0 Å². The fourth-order valence-electron chi connectivity index (χ4n) is 7.33. The van der Waals surface area contributed by atoms with E-state index in [1.807, 2.05) is 11.8 Å². The molecule has 5 rings (SSSR count). The molecule has 6 N–H and O–H groups in total. The lowest BCUT2D eigenvalue weighted by molar-refractivity contribution is -0.153. The van der Waals surface area contributed by atoms with Crippen molar-refractivity contribution in [2.45, 2.75) is 69.4 Å². The molecule has 0 aromatic heterocycles. The van der Waals surface area contributed by atoms with Gasteiger partial charge in [-0.05, 0) is 69.4 Å². The first-order valence-electron chi connectivity index (χ1n) is 13.9. The molecule has 2 fully saturated rings. The van der Waals surface area contributed by atoms with Crippen molar-refractivity contribution in [2.24, 2.45) is 17.6 Å². The first-order valence-corrected chi connectivity index (χ1v) is 13.9. The molecule has 0 saturated heterocycles. The van der Waals surface area contributed by atoms with Gasteiger partial charge < -0.3 is 26.2 Å². The number of rotatable bonds is 6. The van der Waals surface area contributed by atoms with E-state index < -0.39 is 93.1 Å². The maximum atomic E-state index is 14.7. The maximum Gasteiger partial charge on any atom is 0.417 e. The normalized spacial score (nSPS) is 28.2. The molecule has 42 heavy (non-hydrogen) atoms. The number of ketones is 2. The van der Waals surface area contributed by atoms with Gasteiger partial charge in [-0.25, -0.2) is 0 Å². The van der Waals surface area contributed by atoms with Crippen molar-refractivity contribution in [3.63, 3.8) is 0 Å². The zero-order valence-corrected chi connectivity index (χ0v) is 23.5. The molecule has 2 saturated carbocycles. The Morgan fingerprint density at radius 1 is 1.17 bits per heavy atom. The van der Waals surface area contributed by atoms with Gasteiger partial charge in [-0.15, -0.1) is 0 Å². The van der Waals surface area contributed by atoms with Gasteiger partial charge in [0, 0.05) is 24.1 Å². The second kappa shape index (κ2) is 10.1. The summed E-state index contributed by atoms with van der Waals surface area (Å²) in [5.41, 5.74) is -1.14. The zero-order valence-electron chi connectivity index (χ0n) is 23.5. The summed E-state index contributed by atoms with van der Waals surface area (Å²) in [4.78, 5) is 42.4. The van der Waals surface area contributed by atoms with Crippen LogP contribution in [0.3, 0.4) is 0 Å². The van der Waals surface area contributed by atoms with Crippen LogP contribution < -0.4 is 5.73 Å². The lowest BCUT2D eigenvalue weighted by Gasteiger charge is -2.50. The third kappa shape index (κ3) is 4.23. The number of nitrogens with two attached hydrogens (primary N) is 1. The van der Waals surface area contributed by atoms with Crippen molar-refractivity contribution in [1.29, 1.82) is 0 Å². The predicted molar refractivity (Wildman–Crippen MR) is 143 cm³/mol. The summed E-state index contributed by atoms with van der Waals surface area (Å²) in [7, 11) is 2.89. The van der Waals surface area contributed by atoms with Crippen molar-refractivity contribution < 1.29 is 48.0 Å². The van der Waals surface area contributed by atoms with E-state index in [0.29, 0.717) is 6.54 Å². The molecule has 1 amide bonds. The molecule has 1 aromatic rings. The second-order valence-corrected chi connectivity index (χ2v) is 11.9. The van der Waals surface area contributed by atoms with Crippen LogP contribution in [0.25, 0.3) is 5.76 Å². The van der Waals surface area contributed by atoms with E-state index in [1.165, 1.54) is 19.0 Å². The highest BCUT2D eigenvalue weighted by atomic mass is 19.4. The van der Waals surface area contributed by atoms with Crippen LogP contribution in [-0.2, 0) is 33.5 Å². The number of phenolic OH excluding ortho intramolecular Hbond substituents is 1. The minimum atomic E-state index is -4.87. The van der Waals surface area contributed by atoms with E-state index in [2.05, 4.69) is 0 Å². The van der Waals surface area contributed by atoms with Crippen molar-refractivity contribution in [1.82, 2.24) is 9.80 Å². The molecule has 228 valence electrons. The number of phenols is 1. The largest absolute Gasteiger partial charge is 0.508 e. The number of carbonyl (C=O) groups is 3. The minimum Gasteiger partial charge on any atom is -0.508 e. The molecule has 10 nitrogen and oxygen atoms in total. The van der Waals surface area contributed by atoms with E-state index in [4.69, 9.17) is 5.73 Å². The lowest BCUT2D eigenvalue weighted by Crippen LogP contribution is -2.65. The molecular weight excluding hydrogens is 559 g/mol. The minimum absolute atomic E-state index is 0.0775. The fraction of sp³-hybridized carbons (Fsp3) is 0.552. The summed E-state index contributed by atoms with van der Waals surface area (Å²) < 4.78 is 44.2. The SMILES string of the molecule is CCN(Cc1cc(O)c2c(c1C(F)(F)F)C[C@H]1C[C@H]3[C@H](N(C)C)C(=O)C(C(N)=O)=C(O)[C@@]3(O)C(=O)C1=C2O)C1CCC1. The van der Waals surface area contributed by atoms with E-state index in [9.17, 15) is 48.0 Å². The topological polar surface area (TPSA) is 165 Å². The van der Waals surface area contributed by atoms with Gasteiger partial charge in [0.1, 0.15) is 22.8 Å². The summed E-state index contributed by atoms with van der Waals surface area (Å²) in [5.74, 6) is -8.94. The highest BCUT2D eigenvalue weighted by Crippen LogP contribution is 2.54. The third-order valence-corrected chi connectivity index (χ3v) is 9.46. The van der Waals surface area contributed by atoms with Gasteiger partial charge >= 0.3 is 6.18 Å². The number of Topliss-reactive ketones (excluding diaryl/α,β-unsaturated/α-hetero) is 2.